The molecule has 1 saturated heterocycles. The van der Waals surface area contributed by atoms with Crippen molar-refractivity contribution in [1.29, 1.82) is 0 Å². The molecule has 3 heteroatoms. The molecule has 0 aromatic heterocycles. The van der Waals surface area contributed by atoms with Gasteiger partial charge in [0.1, 0.15) is 0 Å². The summed E-state index contributed by atoms with van der Waals surface area (Å²) in [5.41, 5.74) is 9.33. The van der Waals surface area contributed by atoms with E-state index in [2.05, 4.69) is 36.1 Å². The third-order valence-electron chi connectivity index (χ3n) is 4.85. The van der Waals surface area contributed by atoms with E-state index in [1.54, 1.807) is 0 Å². The molecule has 3 nitrogen and oxygen atoms in total. The lowest BCUT2D eigenvalue weighted by Crippen LogP contribution is -2.63. The van der Waals surface area contributed by atoms with Crippen molar-refractivity contribution in [3.05, 3.63) is 35.4 Å². The molecule has 2 atom stereocenters. The largest absolute Gasteiger partial charge is 0.379 e. The molecule has 1 aliphatic carbocycles. The van der Waals surface area contributed by atoms with Crippen LogP contribution in [0, 0.1) is 0 Å². The van der Waals surface area contributed by atoms with Crippen LogP contribution in [0.25, 0.3) is 0 Å². The van der Waals surface area contributed by atoms with Gasteiger partial charge in [-0.3, -0.25) is 4.90 Å². The number of aryl methyl sites for hydroxylation is 1. The third-order valence-corrected chi connectivity index (χ3v) is 4.85. The fourth-order valence-electron chi connectivity index (χ4n) is 3.75. The predicted octanol–water partition coefficient (Wildman–Crippen LogP) is 1.59. The maximum Gasteiger partial charge on any atom is 0.0620 e. The average molecular weight is 260 g/mol. The van der Waals surface area contributed by atoms with Gasteiger partial charge in [0.05, 0.1) is 13.2 Å². The van der Waals surface area contributed by atoms with E-state index in [0.717, 1.165) is 39.1 Å². The minimum Gasteiger partial charge on any atom is -0.379 e. The van der Waals surface area contributed by atoms with Crippen molar-refractivity contribution in [2.75, 3.05) is 26.3 Å². The number of ether oxygens (including phenoxy) is 1. The second-order valence-corrected chi connectivity index (χ2v) is 5.99. The van der Waals surface area contributed by atoms with E-state index in [1.807, 2.05) is 0 Å². The molecule has 0 spiro atoms. The Morgan fingerprint density at radius 2 is 2.16 bits per heavy atom. The number of morpholine rings is 1. The highest BCUT2D eigenvalue weighted by Crippen LogP contribution is 2.34. The lowest BCUT2D eigenvalue weighted by atomic mass is 9.76. The summed E-state index contributed by atoms with van der Waals surface area (Å²) in [6, 6.07) is 9.30. The summed E-state index contributed by atoms with van der Waals surface area (Å²) in [7, 11) is 0. The van der Waals surface area contributed by atoms with Gasteiger partial charge in [-0.05, 0) is 37.3 Å². The monoisotopic (exact) mass is 260 g/mol. The van der Waals surface area contributed by atoms with E-state index >= 15 is 0 Å². The van der Waals surface area contributed by atoms with E-state index < -0.39 is 0 Å². The van der Waals surface area contributed by atoms with Crippen LogP contribution in [0.4, 0.5) is 0 Å². The Labute approximate surface area is 115 Å². The zero-order chi connectivity index (χ0) is 13.3. The third kappa shape index (κ3) is 2.31. The van der Waals surface area contributed by atoms with Crippen molar-refractivity contribution in [3.8, 4) is 0 Å². The highest BCUT2D eigenvalue weighted by Gasteiger charge is 2.41. The Morgan fingerprint density at radius 3 is 2.89 bits per heavy atom. The van der Waals surface area contributed by atoms with Gasteiger partial charge in [-0.2, -0.15) is 0 Å². The minimum atomic E-state index is 0.136. The molecule has 1 aromatic carbocycles. The van der Waals surface area contributed by atoms with Gasteiger partial charge in [-0.25, -0.2) is 0 Å². The van der Waals surface area contributed by atoms with Gasteiger partial charge in [-0.15, -0.1) is 0 Å². The second-order valence-electron chi connectivity index (χ2n) is 5.99. The summed E-state index contributed by atoms with van der Waals surface area (Å²) in [6.45, 7) is 5.69. The smallest absolute Gasteiger partial charge is 0.0620 e. The molecule has 0 saturated carbocycles. The number of nitrogens with two attached hydrogens (primary N) is 1. The van der Waals surface area contributed by atoms with E-state index in [4.69, 9.17) is 10.5 Å². The van der Waals surface area contributed by atoms with Crippen molar-refractivity contribution < 1.29 is 4.74 Å². The van der Waals surface area contributed by atoms with Crippen LogP contribution in [-0.2, 0) is 17.6 Å². The number of hydrogen-bond donors (Lipinski definition) is 1. The van der Waals surface area contributed by atoms with Gasteiger partial charge >= 0.3 is 0 Å². The summed E-state index contributed by atoms with van der Waals surface area (Å²) in [5.74, 6) is 0. The molecule has 2 unspecified atom stereocenters. The van der Waals surface area contributed by atoms with Gasteiger partial charge in [-0.1, -0.05) is 24.3 Å². The number of hydrogen-bond acceptors (Lipinski definition) is 3. The standard InChI is InChI=1S/C16H24N2O/c1-13-11-19-9-8-18(13)16(12-17)7-6-14-4-2-3-5-15(14)10-16/h2-5,13H,6-12,17H2,1H3. The maximum atomic E-state index is 6.21. The molecule has 1 aromatic rings. The summed E-state index contributed by atoms with van der Waals surface area (Å²) in [6.07, 6.45) is 3.41. The van der Waals surface area contributed by atoms with Crippen molar-refractivity contribution in [1.82, 2.24) is 4.90 Å². The van der Waals surface area contributed by atoms with Crippen molar-refractivity contribution >= 4 is 0 Å². The zero-order valence-electron chi connectivity index (χ0n) is 11.8. The zero-order valence-corrected chi connectivity index (χ0v) is 11.8. The van der Waals surface area contributed by atoms with Gasteiger partial charge < -0.3 is 10.5 Å². The van der Waals surface area contributed by atoms with Crippen LogP contribution in [0.2, 0.25) is 0 Å². The van der Waals surface area contributed by atoms with Gasteiger partial charge in [0, 0.05) is 24.7 Å². The first kappa shape index (κ1) is 13.1. The molecule has 1 heterocycles. The van der Waals surface area contributed by atoms with Crippen molar-refractivity contribution in [3.63, 3.8) is 0 Å². The van der Waals surface area contributed by atoms with E-state index in [0.29, 0.717) is 6.04 Å². The van der Waals surface area contributed by atoms with Crippen LogP contribution < -0.4 is 5.73 Å². The molecule has 1 aliphatic heterocycles. The average Bonchev–Trinajstić information content (AvgIpc) is 2.47. The molecular weight excluding hydrogens is 236 g/mol. The molecular formula is C16H24N2O. The summed E-state index contributed by atoms with van der Waals surface area (Å²) < 4.78 is 5.58. The van der Waals surface area contributed by atoms with E-state index in [9.17, 15) is 0 Å². The molecule has 19 heavy (non-hydrogen) atoms. The number of nitrogens with zero attached hydrogens (tertiary/aromatic N) is 1. The first-order valence-corrected chi connectivity index (χ1v) is 7.36. The number of rotatable bonds is 2. The van der Waals surface area contributed by atoms with E-state index in [-0.39, 0.29) is 5.54 Å². The van der Waals surface area contributed by atoms with Gasteiger partial charge in [0.25, 0.3) is 0 Å². The first-order valence-electron chi connectivity index (χ1n) is 7.36. The Bertz CT molecular complexity index is 448. The fourth-order valence-corrected chi connectivity index (χ4v) is 3.75. The molecule has 2 N–H and O–H groups in total. The highest BCUT2D eigenvalue weighted by molar-refractivity contribution is 5.32. The lowest BCUT2D eigenvalue weighted by molar-refractivity contribution is -0.0611. The quantitative estimate of drug-likeness (QED) is 0.877. The van der Waals surface area contributed by atoms with Crippen LogP contribution in [0.15, 0.2) is 24.3 Å². The fraction of sp³-hybridized carbons (Fsp3) is 0.625. The van der Waals surface area contributed by atoms with Crippen LogP contribution >= 0.6 is 0 Å². The summed E-state index contributed by atoms with van der Waals surface area (Å²) in [4.78, 5) is 2.60. The predicted molar refractivity (Wildman–Crippen MR) is 77.2 cm³/mol. The SMILES string of the molecule is CC1COCCN1C1(CN)CCc2ccccc2C1. The number of benzene rings is 1. The Kier molecular flexibility index (Phi) is 3.61. The molecule has 0 radical (unpaired) electrons. The van der Waals surface area contributed by atoms with Gasteiger partial charge in [0.2, 0.25) is 0 Å². The highest BCUT2D eigenvalue weighted by atomic mass is 16.5. The van der Waals surface area contributed by atoms with Crippen molar-refractivity contribution in [2.24, 2.45) is 5.73 Å². The van der Waals surface area contributed by atoms with Crippen LogP contribution in [0.1, 0.15) is 24.5 Å². The summed E-state index contributed by atoms with van der Waals surface area (Å²) in [5, 5.41) is 0. The van der Waals surface area contributed by atoms with Crippen LogP contribution in [0.5, 0.6) is 0 Å². The molecule has 0 bridgehead atoms. The minimum absolute atomic E-state index is 0.136. The Morgan fingerprint density at radius 1 is 1.37 bits per heavy atom. The van der Waals surface area contributed by atoms with Crippen LogP contribution in [-0.4, -0.2) is 42.8 Å². The lowest BCUT2D eigenvalue weighted by Gasteiger charge is -2.50. The maximum absolute atomic E-state index is 6.21. The molecule has 3 rings (SSSR count). The molecule has 1 fully saturated rings. The first-order chi connectivity index (χ1) is 9.25. The summed E-state index contributed by atoms with van der Waals surface area (Å²) >= 11 is 0. The Balaban J connectivity index is 1.88. The molecule has 0 amide bonds. The molecule has 104 valence electrons. The number of fused-ring (bicyclic) bond motifs is 1. The molecule has 2 aliphatic rings. The van der Waals surface area contributed by atoms with Crippen LogP contribution in [0.3, 0.4) is 0 Å². The van der Waals surface area contributed by atoms with E-state index in [1.165, 1.54) is 17.5 Å². The Hall–Kier alpha value is -0.900. The normalized spacial score (nSPS) is 32.0. The van der Waals surface area contributed by atoms with Crippen molar-refractivity contribution in [2.45, 2.75) is 37.8 Å². The topological polar surface area (TPSA) is 38.5 Å². The van der Waals surface area contributed by atoms with Gasteiger partial charge in [0.15, 0.2) is 0 Å². The second kappa shape index (κ2) is 5.23.